The van der Waals surface area contributed by atoms with Gasteiger partial charge in [-0.1, -0.05) is 17.7 Å². The number of aromatic nitrogens is 4. The van der Waals surface area contributed by atoms with E-state index in [9.17, 15) is 27.0 Å². The molecule has 3 heterocycles. The van der Waals surface area contributed by atoms with E-state index in [1.54, 1.807) is 44.3 Å². The number of nitrogens with zero attached hydrogens (tertiary/aromatic N) is 5. The fourth-order valence-electron chi connectivity index (χ4n) is 4.69. The van der Waals surface area contributed by atoms with Crippen LogP contribution in [0.1, 0.15) is 35.1 Å². The number of aryl methyl sites for hydroxylation is 2. The van der Waals surface area contributed by atoms with E-state index < -0.39 is 44.5 Å². The third kappa shape index (κ3) is 6.26. The van der Waals surface area contributed by atoms with Gasteiger partial charge in [0.25, 0.3) is 0 Å². The molecule has 0 radical (unpaired) electrons. The summed E-state index contributed by atoms with van der Waals surface area (Å²) in [5, 5.41) is 2.95. The van der Waals surface area contributed by atoms with Crippen LogP contribution >= 0.6 is 11.6 Å². The maximum Gasteiger partial charge on any atom is 0.418 e. The van der Waals surface area contributed by atoms with Crippen molar-refractivity contribution in [3.8, 4) is 5.69 Å². The largest absolute Gasteiger partial charge is 0.418 e. The van der Waals surface area contributed by atoms with Gasteiger partial charge in [-0.05, 0) is 79.8 Å². The van der Waals surface area contributed by atoms with Crippen molar-refractivity contribution in [2.24, 2.45) is 4.36 Å². The van der Waals surface area contributed by atoms with Gasteiger partial charge in [-0.25, -0.2) is 18.4 Å². The lowest BCUT2D eigenvalue weighted by Crippen LogP contribution is -2.42. The highest BCUT2D eigenvalue weighted by Crippen LogP contribution is 2.38. The number of nitrogens with one attached hydrogen (secondary N) is 1. The lowest BCUT2D eigenvalue weighted by atomic mass is 10.1. The zero-order chi connectivity index (χ0) is 30.2. The molecule has 42 heavy (non-hydrogen) atoms. The molecular formula is C28H26ClF3N6O3S. The lowest BCUT2D eigenvalue weighted by Gasteiger charge is -2.19. The smallest absolute Gasteiger partial charge is 0.325 e. The number of rotatable bonds is 6. The first kappa shape index (κ1) is 29.5. The van der Waals surface area contributed by atoms with E-state index in [1.807, 2.05) is 0 Å². The molecule has 0 aliphatic carbocycles. The quantitative estimate of drug-likeness (QED) is 0.294. The molecule has 1 N–H and O–H groups in total. The molecule has 1 fully saturated rings. The highest BCUT2D eigenvalue weighted by Gasteiger charge is 2.35. The van der Waals surface area contributed by atoms with Crippen LogP contribution in [-0.4, -0.2) is 34.8 Å². The van der Waals surface area contributed by atoms with Gasteiger partial charge in [0.2, 0.25) is 5.95 Å². The van der Waals surface area contributed by atoms with Crippen LogP contribution in [0.25, 0.3) is 5.69 Å². The monoisotopic (exact) mass is 618 g/mol. The average Bonchev–Trinajstić information content (AvgIpc) is 3.34. The van der Waals surface area contributed by atoms with E-state index in [0.717, 1.165) is 26.8 Å². The van der Waals surface area contributed by atoms with Gasteiger partial charge in [0.05, 0.1) is 45.1 Å². The normalized spacial score (nSPS) is 14.6. The second-order valence-corrected chi connectivity index (χ2v) is 13.0. The molecular weight excluding hydrogens is 593 g/mol. The third-order valence-electron chi connectivity index (χ3n) is 6.83. The van der Waals surface area contributed by atoms with Crippen LogP contribution < -0.4 is 16.7 Å². The summed E-state index contributed by atoms with van der Waals surface area (Å²) in [6.45, 7) is 3.37. The van der Waals surface area contributed by atoms with Crippen LogP contribution in [-0.2, 0) is 22.5 Å². The van der Waals surface area contributed by atoms with E-state index in [1.165, 1.54) is 12.3 Å². The molecule has 4 aromatic rings. The number of hydrogen-bond donors (Lipinski definition) is 1. The van der Waals surface area contributed by atoms with Gasteiger partial charge in [-0.2, -0.15) is 22.5 Å². The maximum absolute atomic E-state index is 14.2. The molecule has 1 aliphatic rings. The number of halogens is 4. The number of alkyl halides is 3. The Kier molecular flexibility index (Phi) is 7.99. The molecule has 1 saturated heterocycles. The minimum atomic E-state index is -4.84. The van der Waals surface area contributed by atoms with Gasteiger partial charge in [0.15, 0.2) is 0 Å². The van der Waals surface area contributed by atoms with Gasteiger partial charge in [0, 0.05) is 22.7 Å². The molecule has 2 aromatic carbocycles. The Bertz CT molecular complexity index is 1920. The molecule has 9 nitrogen and oxygen atoms in total. The van der Waals surface area contributed by atoms with Gasteiger partial charge in [-0.15, -0.1) is 0 Å². The average molecular weight is 619 g/mol. The lowest BCUT2D eigenvalue weighted by molar-refractivity contribution is -0.136. The van der Waals surface area contributed by atoms with Crippen molar-refractivity contribution in [3.05, 3.63) is 103 Å². The summed E-state index contributed by atoms with van der Waals surface area (Å²) in [6.07, 6.45) is -0.575. The molecule has 0 amide bonds. The first-order chi connectivity index (χ1) is 19.8. The third-order valence-corrected chi connectivity index (χ3v) is 9.46. The molecule has 0 spiro atoms. The van der Waals surface area contributed by atoms with E-state index in [0.29, 0.717) is 40.5 Å². The summed E-state index contributed by atoms with van der Waals surface area (Å²) in [6, 6.07) is 9.83. The van der Waals surface area contributed by atoms with E-state index in [4.69, 9.17) is 11.6 Å². The number of anilines is 2. The Hall–Kier alpha value is -3.97. The van der Waals surface area contributed by atoms with Crippen molar-refractivity contribution in [3.63, 3.8) is 0 Å². The van der Waals surface area contributed by atoms with Gasteiger partial charge in [-0.3, -0.25) is 9.55 Å². The Morgan fingerprint density at radius 3 is 2.48 bits per heavy atom. The highest BCUT2D eigenvalue weighted by molar-refractivity contribution is 7.93. The summed E-state index contributed by atoms with van der Waals surface area (Å²) in [5.74, 6) is 0.263. The predicted octanol–water partition coefficient (Wildman–Crippen LogP) is 5.76. The summed E-state index contributed by atoms with van der Waals surface area (Å²) >= 11 is 6.18. The van der Waals surface area contributed by atoms with Crippen LogP contribution in [0.3, 0.4) is 0 Å². The Balaban J connectivity index is 1.67. The van der Waals surface area contributed by atoms with Crippen LogP contribution in [0.15, 0.2) is 68.8 Å². The summed E-state index contributed by atoms with van der Waals surface area (Å²) in [4.78, 5) is 35.0. The zero-order valence-electron chi connectivity index (χ0n) is 22.6. The van der Waals surface area contributed by atoms with Gasteiger partial charge < -0.3 is 5.32 Å². The van der Waals surface area contributed by atoms with Crippen molar-refractivity contribution in [2.45, 2.75) is 39.4 Å². The molecule has 2 aromatic heterocycles. The molecule has 220 valence electrons. The van der Waals surface area contributed by atoms with Crippen LogP contribution in [0, 0.1) is 13.8 Å². The van der Waals surface area contributed by atoms with Gasteiger partial charge in [0.1, 0.15) is 0 Å². The van der Waals surface area contributed by atoms with E-state index in [-0.39, 0.29) is 17.9 Å². The maximum atomic E-state index is 14.2. The van der Waals surface area contributed by atoms with E-state index in [2.05, 4.69) is 19.6 Å². The van der Waals surface area contributed by atoms with Crippen molar-refractivity contribution in [1.82, 2.24) is 19.1 Å². The van der Waals surface area contributed by atoms with Crippen LogP contribution in [0.5, 0.6) is 0 Å². The first-order valence-corrected chi connectivity index (χ1v) is 15.2. The second-order valence-electron chi connectivity index (χ2n) is 10.0. The molecule has 14 heteroatoms. The number of benzene rings is 2. The van der Waals surface area contributed by atoms with Crippen LogP contribution in [0.4, 0.5) is 30.5 Å². The topological polar surface area (TPSA) is 111 Å². The highest BCUT2D eigenvalue weighted by atomic mass is 35.5. The molecule has 1 aliphatic heterocycles. The molecule has 0 saturated carbocycles. The Labute approximate surface area is 244 Å². The van der Waals surface area contributed by atoms with Crippen molar-refractivity contribution in [2.75, 3.05) is 16.8 Å². The summed E-state index contributed by atoms with van der Waals surface area (Å²) in [7, 11) is -2.62. The SMILES string of the molecule is Cc1cncc(-n2c(=O)nc(Nc3ccc(N=S4(=O)CCCC4)cc3C(F)(F)F)n(Cc3cc(Cl)ccc3C)c2=O)c1. The number of hydrogen-bond acceptors (Lipinski definition) is 7. The minimum Gasteiger partial charge on any atom is -0.325 e. The minimum absolute atomic E-state index is 0.0676. The standard InChI is InChI=1S/C28H26ClF3N6O3S/c1-17-11-22(15-33-14-17)38-26(39)35-25(37(27(38)40)16-19-12-20(29)6-5-18(19)2)34-24-8-7-21(13-23(24)28(30,31)32)36-42(41)9-3-4-10-42/h5-8,11-15H,3-4,9-10,16H2,1-2H3,(H,34,35,39). The fourth-order valence-corrected chi connectivity index (χ4v) is 7.08. The Morgan fingerprint density at radius 1 is 1.05 bits per heavy atom. The second kappa shape index (κ2) is 11.4. The van der Waals surface area contributed by atoms with Crippen molar-refractivity contribution in [1.29, 1.82) is 0 Å². The van der Waals surface area contributed by atoms with Crippen LogP contribution in [0.2, 0.25) is 5.02 Å². The predicted molar refractivity (Wildman–Crippen MR) is 156 cm³/mol. The molecule has 0 atom stereocenters. The molecule has 0 unspecified atom stereocenters. The first-order valence-electron chi connectivity index (χ1n) is 12.9. The van der Waals surface area contributed by atoms with Crippen molar-refractivity contribution < 1.29 is 17.4 Å². The molecule has 0 bridgehead atoms. The number of pyridine rings is 1. The fraction of sp³-hybridized carbons (Fsp3) is 0.286. The Morgan fingerprint density at radius 2 is 1.79 bits per heavy atom. The summed E-state index contributed by atoms with van der Waals surface area (Å²) in [5.41, 5.74) is -1.31. The van der Waals surface area contributed by atoms with Crippen molar-refractivity contribution >= 4 is 38.7 Å². The summed E-state index contributed by atoms with van der Waals surface area (Å²) < 4.78 is 61.6. The zero-order valence-corrected chi connectivity index (χ0v) is 24.2. The molecule has 5 rings (SSSR count). The van der Waals surface area contributed by atoms with E-state index >= 15 is 0 Å². The van der Waals surface area contributed by atoms with Gasteiger partial charge >= 0.3 is 17.6 Å².